The summed E-state index contributed by atoms with van der Waals surface area (Å²) in [4.78, 5) is 0. The third-order valence-electron chi connectivity index (χ3n) is 3.02. The van der Waals surface area contributed by atoms with Crippen molar-refractivity contribution in [3.63, 3.8) is 0 Å². The summed E-state index contributed by atoms with van der Waals surface area (Å²) in [7, 11) is 3.71. The molecule has 0 amide bonds. The fourth-order valence-corrected chi connectivity index (χ4v) is 1.96. The van der Waals surface area contributed by atoms with Gasteiger partial charge in [-0.25, -0.2) is 0 Å². The van der Waals surface area contributed by atoms with E-state index in [2.05, 4.69) is 37.4 Å². The van der Waals surface area contributed by atoms with Crippen molar-refractivity contribution >= 4 is 0 Å². The van der Waals surface area contributed by atoms with Crippen LogP contribution in [0, 0.1) is 0 Å². The van der Waals surface area contributed by atoms with Crippen molar-refractivity contribution in [1.82, 2.24) is 15.1 Å². The lowest BCUT2D eigenvalue weighted by Gasteiger charge is -2.27. The van der Waals surface area contributed by atoms with Gasteiger partial charge in [0.15, 0.2) is 0 Å². The molecule has 0 saturated carbocycles. The van der Waals surface area contributed by atoms with E-state index in [1.54, 1.807) is 7.11 Å². The van der Waals surface area contributed by atoms with Crippen LogP contribution in [-0.2, 0) is 18.2 Å². The molecular weight excluding hydrogens is 214 g/mol. The van der Waals surface area contributed by atoms with E-state index >= 15 is 0 Å². The first kappa shape index (κ1) is 14.2. The van der Waals surface area contributed by atoms with Crippen molar-refractivity contribution in [2.45, 2.75) is 45.3 Å². The Morgan fingerprint density at radius 1 is 1.53 bits per heavy atom. The fraction of sp³-hybridized carbons (Fsp3) is 0.769. The van der Waals surface area contributed by atoms with Gasteiger partial charge in [-0.1, -0.05) is 0 Å². The van der Waals surface area contributed by atoms with Gasteiger partial charge in [-0.15, -0.1) is 0 Å². The summed E-state index contributed by atoms with van der Waals surface area (Å²) < 4.78 is 7.26. The molecule has 0 bridgehead atoms. The molecule has 4 heteroatoms. The Morgan fingerprint density at radius 3 is 2.76 bits per heavy atom. The molecule has 0 aliphatic rings. The van der Waals surface area contributed by atoms with Crippen molar-refractivity contribution in [2.24, 2.45) is 7.05 Å². The largest absolute Gasteiger partial charge is 0.379 e. The van der Waals surface area contributed by atoms with Gasteiger partial charge in [0.1, 0.15) is 0 Å². The molecule has 1 rings (SSSR count). The maximum atomic E-state index is 5.42. The summed E-state index contributed by atoms with van der Waals surface area (Å²) >= 11 is 0. The molecule has 0 aromatic carbocycles. The number of aryl methyl sites for hydroxylation is 1. The first-order valence-electron chi connectivity index (χ1n) is 6.19. The summed E-state index contributed by atoms with van der Waals surface area (Å²) in [5.74, 6) is 0. The van der Waals surface area contributed by atoms with Gasteiger partial charge in [-0.3, -0.25) is 4.68 Å². The van der Waals surface area contributed by atoms with Crippen LogP contribution in [0.2, 0.25) is 0 Å². The molecule has 0 unspecified atom stereocenters. The normalized spacial score (nSPS) is 13.9. The highest BCUT2D eigenvalue weighted by Crippen LogP contribution is 2.15. The number of aromatic nitrogens is 2. The lowest BCUT2D eigenvalue weighted by Crippen LogP contribution is -2.36. The van der Waals surface area contributed by atoms with E-state index in [0.717, 1.165) is 19.4 Å². The molecule has 1 heterocycles. The Balaban J connectivity index is 2.22. The molecule has 4 nitrogen and oxygen atoms in total. The zero-order valence-electron chi connectivity index (χ0n) is 11.7. The molecule has 98 valence electrons. The second kappa shape index (κ2) is 6.17. The molecule has 1 aromatic heterocycles. The van der Waals surface area contributed by atoms with Crippen molar-refractivity contribution in [3.8, 4) is 0 Å². The molecule has 1 N–H and O–H groups in total. The van der Waals surface area contributed by atoms with Crippen LogP contribution in [0.4, 0.5) is 0 Å². The molecular formula is C13H25N3O. The molecule has 0 radical (unpaired) electrons. The zero-order valence-corrected chi connectivity index (χ0v) is 11.7. The van der Waals surface area contributed by atoms with Gasteiger partial charge in [0.05, 0.1) is 11.8 Å². The summed E-state index contributed by atoms with van der Waals surface area (Å²) in [5, 5.41) is 7.67. The van der Waals surface area contributed by atoms with E-state index in [0.29, 0.717) is 6.04 Å². The van der Waals surface area contributed by atoms with Crippen LogP contribution >= 0.6 is 0 Å². The van der Waals surface area contributed by atoms with Crippen LogP contribution < -0.4 is 5.32 Å². The maximum absolute atomic E-state index is 5.42. The van der Waals surface area contributed by atoms with Gasteiger partial charge in [-0.2, -0.15) is 5.10 Å². The smallest absolute Gasteiger partial charge is 0.0637 e. The first-order chi connectivity index (χ1) is 7.93. The van der Waals surface area contributed by atoms with Crippen molar-refractivity contribution < 1.29 is 4.74 Å². The summed E-state index contributed by atoms with van der Waals surface area (Å²) in [6.45, 7) is 7.41. The van der Waals surface area contributed by atoms with Crippen LogP contribution in [0.1, 0.15) is 32.8 Å². The summed E-state index contributed by atoms with van der Waals surface area (Å²) in [6.07, 6.45) is 6.01. The highest BCUT2D eigenvalue weighted by atomic mass is 16.5. The minimum atomic E-state index is -0.0548. The lowest BCUT2D eigenvalue weighted by atomic mass is 10.00. The van der Waals surface area contributed by atoms with Crippen molar-refractivity contribution in [3.05, 3.63) is 18.0 Å². The maximum Gasteiger partial charge on any atom is 0.0637 e. The Bertz CT molecular complexity index is 333. The molecule has 1 aromatic rings. The second-order valence-corrected chi connectivity index (χ2v) is 5.30. The van der Waals surface area contributed by atoms with Crippen LogP contribution in [0.15, 0.2) is 12.4 Å². The fourth-order valence-electron chi connectivity index (χ4n) is 1.96. The van der Waals surface area contributed by atoms with Gasteiger partial charge in [0.2, 0.25) is 0 Å². The zero-order chi connectivity index (χ0) is 12.9. The van der Waals surface area contributed by atoms with Gasteiger partial charge < -0.3 is 10.1 Å². The Hall–Kier alpha value is -0.870. The van der Waals surface area contributed by atoms with Crippen LogP contribution in [0.5, 0.6) is 0 Å². The molecule has 0 fully saturated rings. The number of nitrogens with zero attached hydrogens (tertiary/aromatic N) is 2. The van der Waals surface area contributed by atoms with E-state index < -0.39 is 0 Å². The van der Waals surface area contributed by atoms with Crippen LogP contribution in [0.3, 0.4) is 0 Å². The average molecular weight is 239 g/mol. The Labute approximate surface area is 104 Å². The third kappa shape index (κ3) is 5.33. The average Bonchev–Trinajstić information content (AvgIpc) is 2.63. The highest BCUT2D eigenvalue weighted by molar-refractivity contribution is 5.03. The lowest BCUT2D eigenvalue weighted by molar-refractivity contribution is 0.00865. The summed E-state index contributed by atoms with van der Waals surface area (Å²) in [6, 6.07) is 0.460. The Morgan fingerprint density at radius 2 is 2.24 bits per heavy atom. The minimum absolute atomic E-state index is 0.0548. The number of rotatable bonds is 7. The third-order valence-corrected chi connectivity index (χ3v) is 3.02. The molecule has 0 aliphatic heterocycles. The standard InChI is InChI=1S/C13H25N3O/c1-11(8-13(2,3)17-5)14-7-6-12-9-15-16(4)10-12/h9-11,14H,6-8H2,1-5H3/t11-/m0/s1. The van der Waals surface area contributed by atoms with E-state index in [1.165, 1.54) is 5.56 Å². The summed E-state index contributed by atoms with van der Waals surface area (Å²) in [5.41, 5.74) is 1.22. The number of methoxy groups -OCH3 is 1. The molecule has 1 atom stereocenters. The van der Waals surface area contributed by atoms with E-state index in [4.69, 9.17) is 4.74 Å². The number of ether oxygens (including phenoxy) is 1. The quantitative estimate of drug-likeness (QED) is 0.788. The van der Waals surface area contributed by atoms with Gasteiger partial charge in [0.25, 0.3) is 0 Å². The van der Waals surface area contributed by atoms with E-state index in [-0.39, 0.29) is 5.60 Å². The number of hydrogen-bond acceptors (Lipinski definition) is 3. The van der Waals surface area contributed by atoms with E-state index in [1.807, 2.05) is 17.9 Å². The molecule has 0 spiro atoms. The topological polar surface area (TPSA) is 39.1 Å². The first-order valence-corrected chi connectivity index (χ1v) is 6.19. The molecule has 0 saturated heterocycles. The second-order valence-electron chi connectivity index (χ2n) is 5.30. The Kier molecular flexibility index (Phi) is 5.15. The highest BCUT2D eigenvalue weighted by Gasteiger charge is 2.19. The van der Waals surface area contributed by atoms with Gasteiger partial charge in [0, 0.05) is 26.4 Å². The molecule has 0 aliphatic carbocycles. The number of hydrogen-bond donors (Lipinski definition) is 1. The van der Waals surface area contributed by atoms with Crippen molar-refractivity contribution in [1.29, 1.82) is 0 Å². The van der Waals surface area contributed by atoms with Crippen molar-refractivity contribution in [2.75, 3.05) is 13.7 Å². The van der Waals surface area contributed by atoms with Crippen LogP contribution in [-0.4, -0.2) is 35.1 Å². The van der Waals surface area contributed by atoms with Crippen LogP contribution in [0.25, 0.3) is 0 Å². The number of nitrogens with one attached hydrogen (secondary N) is 1. The minimum Gasteiger partial charge on any atom is -0.379 e. The SMILES string of the molecule is COC(C)(C)C[C@H](C)NCCc1cnn(C)c1. The monoisotopic (exact) mass is 239 g/mol. The van der Waals surface area contributed by atoms with Gasteiger partial charge >= 0.3 is 0 Å². The van der Waals surface area contributed by atoms with Gasteiger partial charge in [-0.05, 0) is 45.7 Å². The van der Waals surface area contributed by atoms with E-state index in [9.17, 15) is 0 Å². The molecule has 17 heavy (non-hydrogen) atoms. The predicted molar refractivity (Wildman–Crippen MR) is 70.1 cm³/mol. The predicted octanol–water partition coefficient (Wildman–Crippen LogP) is 1.76.